The second-order valence-corrected chi connectivity index (χ2v) is 6.41. The van der Waals surface area contributed by atoms with Gasteiger partial charge in [-0.1, -0.05) is 13.8 Å². The first kappa shape index (κ1) is 11.7. The predicted octanol–water partition coefficient (Wildman–Crippen LogP) is 0.630. The number of hydrogen-bond donors (Lipinski definition) is 1. The molecule has 1 fully saturated rings. The number of amides is 1. The molecule has 14 heavy (non-hydrogen) atoms. The average Bonchev–Trinajstić information content (AvgIpc) is 2.30. The van der Waals surface area contributed by atoms with Crippen LogP contribution in [0.15, 0.2) is 4.36 Å². The van der Waals surface area contributed by atoms with Crippen molar-refractivity contribution in [3.8, 4) is 0 Å². The van der Waals surface area contributed by atoms with Crippen molar-refractivity contribution in [1.82, 2.24) is 5.32 Å². The maximum Gasteiger partial charge on any atom is 0.256 e. The van der Waals surface area contributed by atoms with Crippen molar-refractivity contribution < 1.29 is 9.00 Å². The van der Waals surface area contributed by atoms with Crippen LogP contribution in [-0.2, 0) is 14.5 Å². The molecule has 0 bridgehead atoms. The van der Waals surface area contributed by atoms with Gasteiger partial charge in [0.05, 0.1) is 9.73 Å². The first-order valence-electron chi connectivity index (χ1n) is 5.00. The van der Waals surface area contributed by atoms with Gasteiger partial charge in [-0.05, 0) is 13.0 Å². The zero-order valence-electron chi connectivity index (χ0n) is 8.78. The van der Waals surface area contributed by atoms with E-state index in [0.717, 1.165) is 13.0 Å². The van der Waals surface area contributed by atoms with Gasteiger partial charge in [-0.15, -0.1) is 0 Å². The molecule has 82 valence electrons. The van der Waals surface area contributed by atoms with Gasteiger partial charge >= 0.3 is 0 Å². The summed E-state index contributed by atoms with van der Waals surface area (Å²) in [4.78, 5) is 11.4. The molecule has 1 rings (SSSR count). The Morgan fingerprint density at radius 1 is 1.36 bits per heavy atom. The Kier molecular flexibility index (Phi) is 4.07. The van der Waals surface area contributed by atoms with Gasteiger partial charge in [-0.3, -0.25) is 4.79 Å². The van der Waals surface area contributed by atoms with E-state index in [1.807, 2.05) is 0 Å². The molecule has 4 nitrogen and oxygen atoms in total. The van der Waals surface area contributed by atoms with Crippen LogP contribution < -0.4 is 5.32 Å². The second kappa shape index (κ2) is 4.89. The Balaban J connectivity index is 2.81. The molecule has 0 aromatic rings. The molecule has 1 aliphatic heterocycles. The Morgan fingerprint density at radius 2 is 2.07 bits per heavy atom. The van der Waals surface area contributed by atoms with Crippen LogP contribution in [-0.4, -0.2) is 34.7 Å². The SMILES string of the molecule is CC(C)C(=O)N=S1(=O)CCCNCC1. The van der Waals surface area contributed by atoms with E-state index in [9.17, 15) is 9.00 Å². The van der Waals surface area contributed by atoms with Crippen molar-refractivity contribution in [1.29, 1.82) is 0 Å². The Hall–Kier alpha value is -0.420. The summed E-state index contributed by atoms with van der Waals surface area (Å²) in [5.41, 5.74) is 0. The minimum Gasteiger partial charge on any atom is -0.316 e. The van der Waals surface area contributed by atoms with Gasteiger partial charge in [0.25, 0.3) is 5.91 Å². The lowest BCUT2D eigenvalue weighted by Gasteiger charge is -2.05. The quantitative estimate of drug-likeness (QED) is 0.702. The van der Waals surface area contributed by atoms with Gasteiger partial charge in [0.2, 0.25) is 0 Å². The lowest BCUT2D eigenvalue weighted by Crippen LogP contribution is -2.19. The molecule has 1 amide bonds. The van der Waals surface area contributed by atoms with Crippen molar-refractivity contribution in [3.05, 3.63) is 0 Å². The highest BCUT2D eigenvalue weighted by Crippen LogP contribution is 2.06. The molecular formula is C9H18N2O2S. The molecule has 1 N–H and O–H groups in total. The van der Waals surface area contributed by atoms with E-state index in [1.54, 1.807) is 13.8 Å². The van der Waals surface area contributed by atoms with Crippen molar-refractivity contribution in [2.75, 3.05) is 24.6 Å². The van der Waals surface area contributed by atoms with Crippen LogP contribution in [0.25, 0.3) is 0 Å². The van der Waals surface area contributed by atoms with E-state index in [2.05, 4.69) is 9.68 Å². The molecule has 5 heteroatoms. The predicted molar refractivity (Wildman–Crippen MR) is 57.6 cm³/mol. The fourth-order valence-corrected chi connectivity index (χ4v) is 3.23. The molecule has 1 aliphatic rings. The zero-order chi connectivity index (χ0) is 10.6. The van der Waals surface area contributed by atoms with Crippen LogP contribution >= 0.6 is 0 Å². The number of hydrogen-bond acceptors (Lipinski definition) is 3. The molecule has 0 saturated carbocycles. The first-order chi connectivity index (χ1) is 6.53. The minimum absolute atomic E-state index is 0.149. The molecule has 0 aliphatic carbocycles. The highest BCUT2D eigenvalue weighted by Gasteiger charge is 2.16. The van der Waals surface area contributed by atoms with Crippen molar-refractivity contribution >= 4 is 15.6 Å². The third-order valence-electron chi connectivity index (χ3n) is 2.16. The van der Waals surface area contributed by atoms with Crippen LogP contribution in [0.4, 0.5) is 0 Å². The first-order valence-corrected chi connectivity index (χ1v) is 6.86. The average molecular weight is 218 g/mol. The van der Waals surface area contributed by atoms with Gasteiger partial charge < -0.3 is 5.32 Å². The Bertz CT molecular complexity index is 303. The van der Waals surface area contributed by atoms with Crippen LogP contribution in [0.1, 0.15) is 20.3 Å². The van der Waals surface area contributed by atoms with Crippen LogP contribution in [0.3, 0.4) is 0 Å². The number of nitrogens with one attached hydrogen (secondary N) is 1. The molecule has 0 radical (unpaired) electrons. The van der Waals surface area contributed by atoms with E-state index in [0.29, 0.717) is 18.1 Å². The standard InChI is InChI=1S/C9H18N2O2S/c1-8(2)9(12)11-14(13)6-3-4-10-5-7-14/h8,10H,3-7H2,1-2H3. The monoisotopic (exact) mass is 218 g/mol. The van der Waals surface area contributed by atoms with E-state index in [1.165, 1.54) is 0 Å². The fourth-order valence-electron chi connectivity index (χ4n) is 1.24. The molecule has 1 unspecified atom stereocenters. The van der Waals surface area contributed by atoms with E-state index >= 15 is 0 Å². The van der Waals surface area contributed by atoms with Gasteiger partial charge in [0.1, 0.15) is 0 Å². The van der Waals surface area contributed by atoms with E-state index in [-0.39, 0.29) is 11.8 Å². The summed E-state index contributed by atoms with van der Waals surface area (Å²) in [6, 6.07) is 0. The summed E-state index contributed by atoms with van der Waals surface area (Å²) in [5, 5.41) is 3.15. The zero-order valence-corrected chi connectivity index (χ0v) is 9.60. The maximum atomic E-state index is 12.1. The van der Waals surface area contributed by atoms with Crippen LogP contribution in [0, 0.1) is 5.92 Å². The van der Waals surface area contributed by atoms with Gasteiger partial charge in [0.15, 0.2) is 0 Å². The topological polar surface area (TPSA) is 58.5 Å². The fraction of sp³-hybridized carbons (Fsp3) is 0.889. The highest BCUT2D eigenvalue weighted by molar-refractivity contribution is 7.93. The van der Waals surface area contributed by atoms with Crippen molar-refractivity contribution in [2.45, 2.75) is 20.3 Å². The molecule has 1 heterocycles. The van der Waals surface area contributed by atoms with Crippen LogP contribution in [0.2, 0.25) is 0 Å². The number of nitrogens with zero attached hydrogens (tertiary/aromatic N) is 1. The van der Waals surface area contributed by atoms with E-state index in [4.69, 9.17) is 0 Å². The third-order valence-corrected chi connectivity index (χ3v) is 4.45. The maximum absolute atomic E-state index is 12.1. The second-order valence-electron chi connectivity index (χ2n) is 3.87. The highest BCUT2D eigenvalue weighted by atomic mass is 32.2. The lowest BCUT2D eigenvalue weighted by atomic mass is 10.2. The third kappa shape index (κ3) is 3.38. The molecule has 0 spiro atoms. The van der Waals surface area contributed by atoms with Gasteiger partial charge in [-0.2, -0.15) is 4.36 Å². The summed E-state index contributed by atoms with van der Waals surface area (Å²) in [5.74, 6) is 0.686. The largest absolute Gasteiger partial charge is 0.316 e. The molecule has 1 atom stereocenters. The van der Waals surface area contributed by atoms with Crippen molar-refractivity contribution in [3.63, 3.8) is 0 Å². The summed E-state index contributed by atoms with van der Waals surface area (Å²) >= 11 is 0. The molecule has 0 aromatic heterocycles. The Labute approximate surface area is 85.6 Å². The summed E-state index contributed by atoms with van der Waals surface area (Å²) in [7, 11) is -2.26. The van der Waals surface area contributed by atoms with Gasteiger partial charge in [-0.25, -0.2) is 4.21 Å². The lowest BCUT2D eigenvalue weighted by molar-refractivity contribution is -0.120. The Morgan fingerprint density at radius 3 is 2.71 bits per heavy atom. The molecule has 0 aromatic carbocycles. The number of carbonyl (C=O) groups is 1. The van der Waals surface area contributed by atoms with E-state index < -0.39 is 9.73 Å². The normalized spacial score (nSPS) is 28.5. The summed E-state index contributed by atoms with van der Waals surface area (Å²) in [6.07, 6.45) is 0.841. The number of rotatable bonds is 1. The van der Waals surface area contributed by atoms with Crippen molar-refractivity contribution in [2.24, 2.45) is 10.3 Å². The smallest absolute Gasteiger partial charge is 0.256 e. The minimum atomic E-state index is -2.26. The summed E-state index contributed by atoms with van der Waals surface area (Å²) < 4.78 is 16.0. The molecule has 1 saturated heterocycles. The summed E-state index contributed by atoms with van der Waals surface area (Å²) in [6.45, 7) is 5.14. The molecular weight excluding hydrogens is 200 g/mol. The van der Waals surface area contributed by atoms with Gasteiger partial charge in [0, 0.05) is 24.0 Å². The number of carbonyl (C=O) groups excluding carboxylic acids is 1. The van der Waals surface area contributed by atoms with Crippen LogP contribution in [0.5, 0.6) is 0 Å².